The Morgan fingerprint density at radius 1 is 1.14 bits per heavy atom. The molecule has 0 aliphatic rings. The second kappa shape index (κ2) is 6.57. The molecule has 0 amide bonds. The molecule has 0 aliphatic heterocycles. The molecule has 0 radical (unpaired) electrons. The van der Waals surface area contributed by atoms with E-state index in [2.05, 4.69) is 42.3 Å². The van der Waals surface area contributed by atoms with Gasteiger partial charge in [-0.25, -0.2) is 0 Å². The molecule has 0 aromatic carbocycles. The molecule has 9 heteroatoms. The van der Waals surface area contributed by atoms with Crippen molar-refractivity contribution >= 4 is 33.2 Å². The van der Waals surface area contributed by atoms with Crippen LogP contribution in [0.4, 0.5) is 5.95 Å². The Kier molecular flexibility index (Phi) is 4.53. The molecule has 22 heavy (non-hydrogen) atoms. The van der Waals surface area contributed by atoms with Crippen molar-refractivity contribution in [1.82, 2.24) is 20.3 Å². The topological polar surface area (TPSA) is 81.1 Å². The Morgan fingerprint density at radius 2 is 1.86 bits per heavy atom. The maximum absolute atomic E-state index is 5.25. The predicted octanol–water partition coefficient (Wildman–Crippen LogP) is 2.72. The maximum atomic E-state index is 5.25. The molecule has 0 saturated carbocycles. The van der Waals surface area contributed by atoms with E-state index < -0.39 is 0 Å². The third-order valence-electron chi connectivity index (χ3n) is 2.87. The Morgan fingerprint density at radius 3 is 2.50 bits per heavy atom. The third-order valence-corrected chi connectivity index (χ3v) is 4.57. The summed E-state index contributed by atoms with van der Waals surface area (Å²) in [6.07, 6.45) is 1.83. The first-order valence-corrected chi connectivity index (χ1v) is 8.31. The molecule has 0 aliphatic carbocycles. The molecule has 7 nitrogen and oxygen atoms in total. The van der Waals surface area contributed by atoms with Gasteiger partial charge in [0.25, 0.3) is 5.95 Å². The second-order valence-corrected chi connectivity index (χ2v) is 6.81. The van der Waals surface area contributed by atoms with Gasteiger partial charge < -0.3 is 13.9 Å². The van der Waals surface area contributed by atoms with E-state index in [4.69, 9.17) is 9.05 Å². The van der Waals surface area contributed by atoms with Crippen LogP contribution in [0.1, 0.15) is 22.5 Å². The van der Waals surface area contributed by atoms with Gasteiger partial charge in [0.2, 0.25) is 11.8 Å². The summed E-state index contributed by atoms with van der Waals surface area (Å²) in [4.78, 5) is 11.6. The molecular weight excluding hydrogens is 370 g/mol. The van der Waals surface area contributed by atoms with E-state index in [0.29, 0.717) is 42.8 Å². The van der Waals surface area contributed by atoms with Gasteiger partial charge >= 0.3 is 0 Å². The van der Waals surface area contributed by atoms with Gasteiger partial charge in [-0.05, 0) is 27.2 Å². The minimum absolute atomic E-state index is 0.560. The van der Waals surface area contributed by atoms with Crippen molar-refractivity contribution in [3.8, 4) is 0 Å². The summed E-state index contributed by atoms with van der Waals surface area (Å²) in [5.74, 6) is 2.38. The minimum Gasteiger partial charge on any atom is -0.344 e. The van der Waals surface area contributed by atoms with Gasteiger partial charge in [0.05, 0.1) is 0 Å². The van der Waals surface area contributed by atoms with Crippen molar-refractivity contribution in [3.63, 3.8) is 0 Å². The van der Waals surface area contributed by atoms with E-state index in [0.717, 1.165) is 4.47 Å². The van der Waals surface area contributed by atoms with Crippen LogP contribution < -0.4 is 4.90 Å². The Bertz CT molecular complexity index is 751. The number of hydrogen-bond donors (Lipinski definition) is 0. The van der Waals surface area contributed by atoms with E-state index >= 15 is 0 Å². The summed E-state index contributed by atoms with van der Waals surface area (Å²) in [6, 6.07) is 2.06. The SMILES string of the molecule is CN(C)c1noc(CCc2nc(Cc3cc(Br)cs3)no2)n1. The number of nitrogens with zero attached hydrogens (tertiary/aromatic N) is 5. The summed E-state index contributed by atoms with van der Waals surface area (Å²) < 4.78 is 11.5. The van der Waals surface area contributed by atoms with Gasteiger partial charge in [-0.2, -0.15) is 9.97 Å². The highest BCUT2D eigenvalue weighted by molar-refractivity contribution is 9.10. The molecule has 0 fully saturated rings. The van der Waals surface area contributed by atoms with E-state index in [1.165, 1.54) is 4.88 Å². The quantitative estimate of drug-likeness (QED) is 0.646. The molecule has 0 N–H and O–H groups in total. The molecular formula is C13H14BrN5O2S. The van der Waals surface area contributed by atoms with Crippen molar-refractivity contribution in [1.29, 1.82) is 0 Å². The average Bonchev–Trinajstić information content (AvgIpc) is 3.18. The summed E-state index contributed by atoms with van der Waals surface area (Å²) in [6.45, 7) is 0. The standard InChI is InChI=1S/C13H14BrN5O2S/c1-19(2)13-16-12(21-18-13)4-3-11-15-10(17-20-11)6-9-5-8(14)7-22-9/h5,7H,3-4,6H2,1-2H3. The van der Waals surface area contributed by atoms with Crippen molar-refractivity contribution in [2.75, 3.05) is 19.0 Å². The zero-order valence-electron chi connectivity index (χ0n) is 12.1. The lowest BCUT2D eigenvalue weighted by Gasteiger charge is -2.02. The molecule has 3 aromatic rings. The second-order valence-electron chi connectivity index (χ2n) is 4.89. The highest BCUT2D eigenvalue weighted by Crippen LogP contribution is 2.21. The van der Waals surface area contributed by atoms with Crippen molar-refractivity contribution in [2.24, 2.45) is 0 Å². The molecule has 0 bridgehead atoms. The van der Waals surface area contributed by atoms with Gasteiger partial charge in [0, 0.05) is 48.1 Å². The molecule has 3 heterocycles. The zero-order chi connectivity index (χ0) is 15.5. The number of aromatic nitrogens is 4. The lowest BCUT2D eigenvalue weighted by atomic mass is 10.3. The number of thiophene rings is 1. The molecule has 0 atom stereocenters. The van der Waals surface area contributed by atoms with Crippen molar-refractivity contribution in [3.05, 3.63) is 38.4 Å². The van der Waals surface area contributed by atoms with Crippen LogP contribution in [0.5, 0.6) is 0 Å². The Balaban J connectivity index is 1.57. The average molecular weight is 384 g/mol. The fraction of sp³-hybridized carbons (Fsp3) is 0.385. The van der Waals surface area contributed by atoms with E-state index in [-0.39, 0.29) is 0 Å². The summed E-state index contributed by atoms with van der Waals surface area (Å²) in [5.41, 5.74) is 0. The van der Waals surface area contributed by atoms with Gasteiger partial charge in [-0.1, -0.05) is 5.16 Å². The van der Waals surface area contributed by atoms with E-state index in [1.807, 2.05) is 19.5 Å². The number of rotatable bonds is 6. The van der Waals surface area contributed by atoms with Crippen LogP contribution in [-0.4, -0.2) is 34.4 Å². The number of aryl methyl sites for hydroxylation is 2. The highest BCUT2D eigenvalue weighted by atomic mass is 79.9. The Hall–Kier alpha value is -1.74. The summed E-state index contributed by atoms with van der Waals surface area (Å²) >= 11 is 5.10. The van der Waals surface area contributed by atoms with E-state index in [9.17, 15) is 0 Å². The predicted molar refractivity (Wildman–Crippen MR) is 85.2 cm³/mol. The smallest absolute Gasteiger partial charge is 0.265 e. The van der Waals surface area contributed by atoms with Gasteiger partial charge in [-0.3, -0.25) is 0 Å². The molecule has 116 valence electrons. The number of hydrogen-bond acceptors (Lipinski definition) is 8. The van der Waals surface area contributed by atoms with Gasteiger partial charge in [0.1, 0.15) is 0 Å². The highest BCUT2D eigenvalue weighted by Gasteiger charge is 2.12. The molecule has 0 unspecified atom stereocenters. The Labute approximate surface area is 139 Å². The number of halogens is 1. The van der Waals surface area contributed by atoms with Crippen molar-refractivity contribution in [2.45, 2.75) is 19.3 Å². The summed E-state index contributed by atoms with van der Waals surface area (Å²) in [5, 5.41) is 9.89. The molecule has 3 rings (SSSR count). The van der Waals surface area contributed by atoms with Crippen LogP contribution in [0.3, 0.4) is 0 Å². The molecule has 3 aromatic heterocycles. The first kappa shape index (κ1) is 15.2. The van der Waals surface area contributed by atoms with Crippen LogP contribution in [-0.2, 0) is 19.3 Å². The lowest BCUT2D eigenvalue weighted by molar-refractivity contribution is 0.352. The van der Waals surface area contributed by atoms with Crippen LogP contribution in [0.2, 0.25) is 0 Å². The third kappa shape index (κ3) is 3.72. The lowest BCUT2D eigenvalue weighted by Crippen LogP contribution is -2.10. The minimum atomic E-state index is 0.560. The zero-order valence-corrected chi connectivity index (χ0v) is 14.5. The van der Waals surface area contributed by atoms with Crippen LogP contribution in [0, 0.1) is 0 Å². The maximum Gasteiger partial charge on any atom is 0.265 e. The van der Waals surface area contributed by atoms with Gasteiger partial charge in [0.15, 0.2) is 5.82 Å². The monoisotopic (exact) mass is 383 g/mol. The number of anilines is 1. The largest absolute Gasteiger partial charge is 0.344 e. The van der Waals surface area contributed by atoms with Crippen LogP contribution in [0.25, 0.3) is 0 Å². The first-order valence-electron chi connectivity index (χ1n) is 6.64. The van der Waals surface area contributed by atoms with Crippen molar-refractivity contribution < 1.29 is 9.05 Å². The van der Waals surface area contributed by atoms with Crippen LogP contribution >= 0.6 is 27.3 Å². The van der Waals surface area contributed by atoms with Gasteiger partial charge in [-0.15, -0.1) is 11.3 Å². The first-order chi connectivity index (χ1) is 10.6. The fourth-order valence-electron chi connectivity index (χ4n) is 1.81. The van der Waals surface area contributed by atoms with E-state index in [1.54, 1.807) is 16.2 Å². The summed E-state index contributed by atoms with van der Waals surface area (Å²) in [7, 11) is 3.73. The fourth-order valence-corrected chi connectivity index (χ4v) is 3.26. The normalized spacial score (nSPS) is 11.0. The molecule has 0 saturated heterocycles. The molecule has 0 spiro atoms. The van der Waals surface area contributed by atoms with Crippen LogP contribution in [0.15, 0.2) is 25.0 Å².